The van der Waals surface area contributed by atoms with Gasteiger partial charge in [0.1, 0.15) is 5.75 Å². The number of carboxylic acids is 1. The molecular formula is C24H37NO6. The number of rotatable bonds is 14. The maximum absolute atomic E-state index is 10.6. The molecule has 4 unspecified atom stereocenters. The van der Waals surface area contributed by atoms with Crippen molar-refractivity contribution in [3.63, 3.8) is 0 Å². The van der Waals surface area contributed by atoms with Gasteiger partial charge in [-0.25, -0.2) is 0 Å². The third-order valence-corrected chi connectivity index (χ3v) is 6.41. The van der Waals surface area contributed by atoms with E-state index in [1.54, 1.807) is 7.11 Å². The molecule has 1 saturated carbocycles. The summed E-state index contributed by atoms with van der Waals surface area (Å²) in [6.45, 7) is 0. The van der Waals surface area contributed by atoms with E-state index < -0.39 is 18.2 Å². The Bertz CT molecular complexity index is 707. The minimum Gasteiger partial charge on any atom is -0.496 e. The van der Waals surface area contributed by atoms with Crippen LogP contribution >= 0.6 is 0 Å². The average molecular weight is 436 g/mol. The molecule has 1 aromatic carbocycles. The number of oxime groups is 1. The number of carbonyl (C=O) groups is 1. The van der Waals surface area contributed by atoms with Crippen LogP contribution in [-0.2, 0) is 11.2 Å². The largest absolute Gasteiger partial charge is 0.496 e. The van der Waals surface area contributed by atoms with Crippen LogP contribution in [0.4, 0.5) is 0 Å². The van der Waals surface area contributed by atoms with Gasteiger partial charge in [-0.05, 0) is 56.1 Å². The number of hydrogen-bond acceptors (Lipinski definition) is 6. The number of nitrogens with zero attached hydrogens (tertiary/aromatic N) is 1. The Kier molecular flexibility index (Phi) is 10.8. The van der Waals surface area contributed by atoms with Crippen LogP contribution in [0.15, 0.2) is 29.4 Å². The molecule has 0 heterocycles. The first-order valence-corrected chi connectivity index (χ1v) is 11.4. The molecule has 0 bridgehead atoms. The lowest BCUT2D eigenvalue weighted by molar-refractivity contribution is -0.137. The fraction of sp³-hybridized carbons (Fsp3) is 0.667. The molecule has 0 amide bonds. The Labute approximate surface area is 184 Å². The number of unbranched alkanes of at least 4 members (excludes halogenated alkanes) is 3. The van der Waals surface area contributed by atoms with E-state index in [1.165, 1.54) is 0 Å². The minimum atomic E-state index is -0.764. The van der Waals surface area contributed by atoms with Crippen molar-refractivity contribution < 1.29 is 30.1 Å². The van der Waals surface area contributed by atoms with Gasteiger partial charge in [-0.3, -0.25) is 4.79 Å². The predicted molar refractivity (Wildman–Crippen MR) is 119 cm³/mol. The number of benzene rings is 1. The first-order valence-electron chi connectivity index (χ1n) is 11.4. The first kappa shape index (κ1) is 25.1. The zero-order valence-electron chi connectivity index (χ0n) is 18.4. The third kappa shape index (κ3) is 8.15. The molecule has 4 N–H and O–H groups in total. The highest BCUT2D eigenvalue weighted by molar-refractivity contribution is 5.89. The van der Waals surface area contributed by atoms with Crippen molar-refractivity contribution in [2.75, 3.05) is 7.11 Å². The summed E-state index contributed by atoms with van der Waals surface area (Å²) >= 11 is 0. The lowest BCUT2D eigenvalue weighted by Crippen LogP contribution is -2.22. The lowest BCUT2D eigenvalue weighted by Gasteiger charge is -2.23. The molecule has 174 valence electrons. The molecular weight excluding hydrogens is 398 g/mol. The summed E-state index contributed by atoms with van der Waals surface area (Å²) < 4.78 is 5.37. The van der Waals surface area contributed by atoms with E-state index in [0.717, 1.165) is 43.4 Å². The van der Waals surface area contributed by atoms with Gasteiger partial charge in [-0.15, -0.1) is 0 Å². The second-order valence-corrected chi connectivity index (χ2v) is 8.56. The highest BCUT2D eigenvalue weighted by Gasteiger charge is 2.39. The number of ether oxygens (including phenoxy) is 1. The Morgan fingerprint density at radius 2 is 1.90 bits per heavy atom. The topological polar surface area (TPSA) is 120 Å². The maximum Gasteiger partial charge on any atom is 0.303 e. The van der Waals surface area contributed by atoms with Gasteiger partial charge in [0, 0.05) is 18.8 Å². The number of methoxy groups -OCH3 is 1. The van der Waals surface area contributed by atoms with Crippen LogP contribution in [0.3, 0.4) is 0 Å². The number of aliphatic hydroxyl groups is 2. The van der Waals surface area contributed by atoms with Gasteiger partial charge in [0.2, 0.25) is 0 Å². The second-order valence-electron chi connectivity index (χ2n) is 8.56. The van der Waals surface area contributed by atoms with Crippen LogP contribution in [0.1, 0.15) is 69.8 Å². The van der Waals surface area contributed by atoms with Crippen LogP contribution in [0.5, 0.6) is 5.75 Å². The molecule has 0 radical (unpaired) electrons. The normalized spacial score (nSPS) is 23.2. The highest BCUT2D eigenvalue weighted by atomic mass is 16.5. The quantitative estimate of drug-likeness (QED) is 0.199. The third-order valence-electron chi connectivity index (χ3n) is 6.41. The molecule has 7 nitrogen and oxygen atoms in total. The summed E-state index contributed by atoms with van der Waals surface area (Å²) in [6, 6.07) is 7.80. The molecule has 1 aliphatic carbocycles. The van der Waals surface area contributed by atoms with Gasteiger partial charge in [-0.2, -0.15) is 0 Å². The van der Waals surface area contributed by atoms with Crippen molar-refractivity contribution in [1.82, 2.24) is 0 Å². The van der Waals surface area contributed by atoms with E-state index in [4.69, 9.17) is 9.84 Å². The van der Waals surface area contributed by atoms with Crippen LogP contribution < -0.4 is 4.74 Å². The SMILES string of the molecule is COc1ccccc1CCC(O)CCC1/C(=N\O)CC(O)C1CCCCCCC(=O)O. The van der Waals surface area contributed by atoms with Crippen molar-refractivity contribution in [2.45, 2.75) is 82.8 Å². The van der Waals surface area contributed by atoms with E-state index in [2.05, 4.69) is 5.16 Å². The number of aliphatic carboxylic acids is 1. The van der Waals surface area contributed by atoms with Gasteiger partial charge in [0.25, 0.3) is 0 Å². The number of carboxylic acid groups (broad SMARTS) is 1. The van der Waals surface area contributed by atoms with Gasteiger partial charge in [0.05, 0.1) is 25.0 Å². The van der Waals surface area contributed by atoms with Crippen LogP contribution in [0.25, 0.3) is 0 Å². The smallest absolute Gasteiger partial charge is 0.303 e. The first-order chi connectivity index (χ1) is 15.0. The van der Waals surface area contributed by atoms with Gasteiger partial charge in [-0.1, -0.05) is 42.6 Å². The fourth-order valence-corrected chi connectivity index (χ4v) is 4.68. The molecule has 2 rings (SSSR count). The molecule has 0 saturated heterocycles. The molecule has 1 aromatic rings. The van der Waals surface area contributed by atoms with E-state index in [-0.39, 0.29) is 18.3 Å². The summed E-state index contributed by atoms with van der Waals surface area (Å²) in [5.41, 5.74) is 1.69. The average Bonchev–Trinajstić information content (AvgIpc) is 3.07. The number of aryl methyl sites for hydroxylation is 1. The van der Waals surface area contributed by atoms with Gasteiger partial charge in [0.15, 0.2) is 0 Å². The van der Waals surface area contributed by atoms with E-state index >= 15 is 0 Å². The van der Waals surface area contributed by atoms with Crippen molar-refractivity contribution in [3.8, 4) is 5.75 Å². The molecule has 0 aliphatic heterocycles. The van der Waals surface area contributed by atoms with Crippen LogP contribution in [0, 0.1) is 11.8 Å². The Balaban J connectivity index is 1.80. The Morgan fingerprint density at radius 1 is 1.16 bits per heavy atom. The maximum atomic E-state index is 10.6. The summed E-state index contributed by atoms with van der Waals surface area (Å²) in [6.07, 6.45) is 6.36. The molecule has 4 atom stereocenters. The van der Waals surface area contributed by atoms with Crippen LogP contribution in [0.2, 0.25) is 0 Å². The molecule has 0 spiro atoms. The zero-order chi connectivity index (χ0) is 22.6. The molecule has 31 heavy (non-hydrogen) atoms. The van der Waals surface area contributed by atoms with Crippen molar-refractivity contribution >= 4 is 11.7 Å². The van der Waals surface area contributed by atoms with E-state index in [9.17, 15) is 20.2 Å². The van der Waals surface area contributed by atoms with Crippen molar-refractivity contribution in [3.05, 3.63) is 29.8 Å². The van der Waals surface area contributed by atoms with Gasteiger partial charge < -0.3 is 25.3 Å². The fourth-order valence-electron chi connectivity index (χ4n) is 4.68. The van der Waals surface area contributed by atoms with Crippen molar-refractivity contribution in [2.24, 2.45) is 17.0 Å². The minimum absolute atomic E-state index is 0.0202. The molecule has 1 aliphatic rings. The molecule has 0 aromatic heterocycles. The second kappa shape index (κ2) is 13.3. The Hall–Kier alpha value is -2.12. The standard InChI is InChI=1S/C24H37NO6/c1-31-23-10-7-6-8-17(23)12-13-18(26)14-15-19-20(22(27)16-21(19)25-30)9-4-2-3-5-11-24(28)29/h6-8,10,18-20,22,26-27,30H,2-5,9,11-16H2,1H3,(H,28,29)/b25-21-. The van der Waals surface area contributed by atoms with Gasteiger partial charge >= 0.3 is 5.97 Å². The summed E-state index contributed by atoms with van der Waals surface area (Å²) in [4.78, 5) is 10.6. The van der Waals surface area contributed by atoms with Crippen molar-refractivity contribution in [1.29, 1.82) is 0 Å². The van der Waals surface area contributed by atoms with E-state index in [1.807, 2.05) is 24.3 Å². The summed E-state index contributed by atoms with van der Waals surface area (Å²) in [5.74, 6) is 0.0535. The summed E-state index contributed by atoms with van der Waals surface area (Å²) in [5, 5.41) is 42.5. The zero-order valence-corrected chi connectivity index (χ0v) is 18.4. The van der Waals surface area contributed by atoms with Crippen LogP contribution in [-0.4, -0.2) is 51.5 Å². The lowest BCUT2D eigenvalue weighted by atomic mass is 9.84. The number of hydrogen-bond donors (Lipinski definition) is 4. The monoisotopic (exact) mass is 435 g/mol. The molecule has 1 fully saturated rings. The van der Waals surface area contributed by atoms with E-state index in [0.29, 0.717) is 37.8 Å². The summed E-state index contributed by atoms with van der Waals surface area (Å²) in [7, 11) is 1.64. The highest BCUT2D eigenvalue weighted by Crippen LogP contribution is 2.37. The number of aliphatic hydroxyl groups excluding tert-OH is 2. The number of para-hydroxylation sites is 1. The Morgan fingerprint density at radius 3 is 2.61 bits per heavy atom. The predicted octanol–water partition coefficient (Wildman–Crippen LogP) is 4.02. The molecule has 7 heteroatoms.